The van der Waals surface area contributed by atoms with E-state index in [0.717, 1.165) is 17.7 Å². The molecule has 3 heteroatoms. The molecule has 0 aromatic heterocycles. The fourth-order valence-electron chi connectivity index (χ4n) is 1.96. The summed E-state index contributed by atoms with van der Waals surface area (Å²) in [7, 11) is 1.67. The second-order valence-electron chi connectivity index (χ2n) is 4.57. The summed E-state index contributed by atoms with van der Waals surface area (Å²) in [6.07, 6.45) is 3.30. The highest BCUT2D eigenvalue weighted by atomic mass is 16.5. The van der Waals surface area contributed by atoms with Crippen LogP contribution in [0.2, 0.25) is 0 Å². The Morgan fingerprint density at radius 1 is 1.28 bits per heavy atom. The third-order valence-corrected chi connectivity index (χ3v) is 3.04. The lowest BCUT2D eigenvalue weighted by molar-refractivity contribution is -0.0164. The lowest BCUT2D eigenvalue weighted by Gasteiger charge is -2.21. The van der Waals surface area contributed by atoms with Crippen molar-refractivity contribution in [1.82, 2.24) is 0 Å². The number of rotatable bonds is 5. The van der Waals surface area contributed by atoms with Crippen LogP contribution < -0.4 is 4.74 Å². The Morgan fingerprint density at radius 2 is 2.06 bits per heavy atom. The first-order chi connectivity index (χ1) is 8.78. The average Bonchev–Trinajstić information content (AvgIpc) is 2.40. The van der Waals surface area contributed by atoms with Gasteiger partial charge in [0.25, 0.3) is 0 Å². The second-order valence-corrected chi connectivity index (χ2v) is 4.57. The molecule has 0 spiro atoms. The molecule has 1 aliphatic heterocycles. The van der Waals surface area contributed by atoms with Crippen molar-refractivity contribution >= 4 is 0 Å². The highest BCUT2D eigenvalue weighted by molar-refractivity contribution is 5.26. The molecular weight excluding hydrogens is 228 g/mol. The van der Waals surface area contributed by atoms with Crippen LogP contribution in [0.5, 0.6) is 5.75 Å². The average molecular weight is 248 g/mol. The monoisotopic (exact) mass is 248 g/mol. The van der Waals surface area contributed by atoms with Gasteiger partial charge in [0, 0.05) is 0 Å². The minimum atomic E-state index is 0.202. The molecule has 0 saturated heterocycles. The molecule has 1 aromatic rings. The number of hydrogen-bond donors (Lipinski definition) is 0. The van der Waals surface area contributed by atoms with Crippen molar-refractivity contribution in [2.75, 3.05) is 20.3 Å². The Morgan fingerprint density at radius 3 is 2.72 bits per heavy atom. The van der Waals surface area contributed by atoms with E-state index in [9.17, 15) is 0 Å². The quantitative estimate of drug-likeness (QED) is 0.750. The van der Waals surface area contributed by atoms with Gasteiger partial charge in [0.1, 0.15) is 5.75 Å². The number of hydrogen-bond acceptors (Lipinski definition) is 3. The van der Waals surface area contributed by atoms with Gasteiger partial charge in [-0.05, 0) is 31.0 Å². The molecule has 1 heterocycles. The standard InChI is InChI=1S/C15H20O3/c1-12-7-8-18-15(9-12)11-17-10-13-3-5-14(16-2)6-4-13/h3-7,15H,8-11H2,1-2H3/t15-/m0/s1. The third kappa shape index (κ3) is 3.86. The summed E-state index contributed by atoms with van der Waals surface area (Å²) in [4.78, 5) is 0. The second kappa shape index (κ2) is 6.57. The van der Waals surface area contributed by atoms with Gasteiger partial charge in [0.05, 0.1) is 33.0 Å². The van der Waals surface area contributed by atoms with Gasteiger partial charge in [0.15, 0.2) is 0 Å². The first-order valence-electron chi connectivity index (χ1n) is 6.26. The normalized spacial score (nSPS) is 19.4. The van der Waals surface area contributed by atoms with E-state index in [1.807, 2.05) is 24.3 Å². The Bertz CT molecular complexity index is 395. The number of benzene rings is 1. The van der Waals surface area contributed by atoms with E-state index in [4.69, 9.17) is 14.2 Å². The minimum absolute atomic E-state index is 0.202. The topological polar surface area (TPSA) is 27.7 Å². The van der Waals surface area contributed by atoms with E-state index in [2.05, 4.69) is 13.0 Å². The largest absolute Gasteiger partial charge is 0.497 e. The van der Waals surface area contributed by atoms with E-state index in [1.54, 1.807) is 7.11 Å². The summed E-state index contributed by atoms with van der Waals surface area (Å²) < 4.78 is 16.4. The van der Waals surface area contributed by atoms with Gasteiger partial charge in [-0.15, -0.1) is 0 Å². The Hall–Kier alpha value is -1.32. The van der Waals surface area contributed by atoms with Crippen LogP contribution in [0.4, 0.5) is 0 Å². The van der Waals surface area contributed by atoms with Crippen LogP contribution in [0.1, 0.15) is 18.9 Å². The van der Waals surface area contributed by atoms with Crippen LogP contribution in [-0.2, 0) is 16.1 Å². The van der Waals surface area contributed by atoms with E-state index in [0.29, 0.717) is 19.8 Å². The third-order valence-electron chi connectivity index (χ3n) is 3.04. The van der Waals surface area contributed by atoms with E-state index < -0.39 is 0 Å². The van der Waals surface area contributed by atoms with E-state index >= 15 is 0 Å². The zero-order valence-electron chi connectivity index (χ0n) is 11.0. The molecule has 0 aliphatic carbocycles. The summed E-state index contributed by atoms with van der Waals surface area (Å²) in [5.74, 6) is 0.870. The molecule has 0 unspecified atom stereocenters. The van der Waals surface area contributed by atoms with Crippen LogP contribution in [0.25, 0.3) is 0 Å². The molecular formula is C15H20O3. The molecule has 98 valence electrons. The smallest absolute Gasteiger partial charge is 0.118 e. The predicted molar refractivity (Wildman–Crippen MR) is 70.8 cm³/mol. The lowest BCUT2D eigenvalue weighted by Crippen LogP contribution is -2.23. The zero-order valence-corrected chi connectivity index (χ0v) is 11.0. The molecule has 0 amide bonds. The highest BCUT2D eigenvalue weighted by Crippen LogP contribution is 2.15. The van der Waals surface area contributed by atoms with Crippen LogP contribution in [-0.4, -0.2) is 26.4 Å². The van der Waals surface area contributed by atoms with Crippen molar-refractivity contribution in [2.24, 2.45) is 0 Å². The fraction of sp³-hybridized carbons (Fsp3) is 0.467. The van der Waals surface area contributed by atoms with E-state index in [1.165, 1.54) is 5.57 Å². The molecule has 1 aromatic carbocycles. The maximum Gasteiger partial charge on any atom is 0.118 e. The molecule has 0 bridgehead atoms. The van der Waals surface area contributed by atoms with E-state index in [-0.39, 0.29) is 6.10 Å². The summed E-state index contributed by atoms with van der Waals surface area (Å²) in [6.45, 7) is 4.12. The molecule has 1 atom stereocenters. The van der Waals surface area contributed by atoms with Crippen LogP contribution in [0, 0.1) is 0 Å². The predicted octanol–water partition coefficient (Wildman–Crippen LogP) is 2.95. The molecule has 3 nitrogen and oxygen atoms in total. The summed E-state index contributed by atoms with van der Waals surface area (Å²) in [5, 5.41) is 0. The summed E-state index contributed by atoms with van der Waals surface area (Å²) >= 11 is 0. The van der Waals surface area contributed by atoms with Gasteiger partial charge in [-0.2, -0.15) is 0 Å². The van der Waals surface area contributed by atoms with Gasteiger partial charge in [0.2, 0.25) is 0 Å². The molecule has 0 N–H and O–H groups in total. The molecule has 0 radical (unpaired) electrons. The zero-order chi connectivity index (χ0) is 12.8. The molecule has 18 heavy (non-hydrogen) atoms. The Balaban J connectivity index is 1.73. The molecule has 1 aliphatic rings. The summed E-state index contributed by atoms with van der Waals surface area (Å²) in [5.41, 5.74) is 2.54. The fourth-order valence-corrected chi connectivity index (χ4v) is 1.96. The lowest BCUT2D eigenvalue weighted by atomic mass is 10.1. The van der Waals surface area contributed by atoms with Gasteiger partial charge in [-0.25, -0.2) is 0 Å². The number of ether oxygens (including phenoxy) is 3. The number of methoxy groups -OCH3 is 1. The maximum atomic E-state index is 5.69. The van der Waals surface area contributed by atoms with Crippen LogP contribution in [0.15, 0.2) is 35.9 Å². The first-order valence-corrected chi connectivity index (χ1v) is 6.26. The van der Waals surface area contributed by atoms with Crippen molar-refractivity contribution in [1.29, 1.82) is 0 Å². The van der Waals surface area contributed by atoms with Crippen molar-refractivity contribution < 1.29 is 14.2 Å². The Labute approximate surface area is 108 Å². The van der Waals surface area contributed by atoms with Gasteiger partial charge >= 0.3 is 0 Å². The van der Waals surface area contributed by atoms with Gasteiger partial charge in [-0.3, -0.25) is 0 Å². The minimum Gasteiger partial charge on any atom is -0.497 e. The van der Waals surface area contributed by atoms with Gasteiger partial charge in [-0.1, -0.05) is 23.8 Å². The van der Waals surface area contributed by atoms with Crippen molar-refractivity contribution in [3.8, 4) is 5.75 Å². The first kappa shape index (κ1) is 13.1. The van der Waals surface area contributed by atoms with Crippen molar-refractivity contribution in [2.45, 2.75) is 26.1 Å². The maximum absolute atomic E-state index is 5.69. The Kier molecular flexibility index (Phi) is 4.79. The van der Waals surface area contributed by atoms with Crippen LogP contribution in [0.3, 0.4) is 0 Å². The summed E-state index contributed by atoms with van der Waals surface area (Å²) in [6, 6.07) is 7.93. The van der Waals surface area contributed by atoms with Gasteiger partial charge < -0.3 is 14.2 Å². The SMILES string of the molecule is COc1ccc(COC[C@@H]2CC(C)=CCO2)cc1. The van der Waals surface area contributed by atoms with Crippen LogP contribution >= 0.6 is 0 Å². The van der Waals surface area contributed by atoms with Crippen molar-refractivity contribution in [3.05, 3.63) is 41.5 Å². The highest BCUT2D eigenvalue weighted by Gasteiger charge is 2.13. The van der Waals surface area contributed by atoms with Crippen molar-refractivity contribution in [3.63, 3.8) is 0 Å². The molecule has 0 saturated carbocycles. The molecule has 0 fully saturated rings. The molecule has 2 rings (SSSR count).